The summed E-state index contributed by atoms with van der Waals surface area (Å²) in [7, 11) is 1.83. The lowest BCUT2D eigenvalue weighted by atomic mass is 10.1. The van der Waals surface area contributed by atoms with E-state index in [-0.39, 0.29) is 12.3 Å². The molecule has 3 rings (SSSR count). The molecule has 0 spiro atoms. The molecule has 7 nitrogen and oxygen atoms in total. The van der Waals surface area contributed by atoms with Crippen LogP contribution in [0.3, 0.4) is 0 Å². The van der Waals surface area contributed by atoms with Gasteiger partial charge in [-0.25, -0.2) is 0 Å². The molecule has 0 aliphatic heterocycles. The van der Waals surface area contributed by atoms with Gasteiger partial charge in [0.1, 0.15) is 5.75 Å². The van der Waals surface area contributed by atoms with Crippen LogP contribution < -0.4 is 10.6 Å². The van der Waals surface area contributed by atoms with Gasteiger partial charge in [0.05, 0.1) is 5.69 Å². The lowest BCUT2D eigenvalue weighted by Crippen LogP contribution is -2.35. The SMILES string of the molecule is Cc1nn(C)c(C)c1CNC(=O)C(=O)Nc1cccc2c(O)cccc12. The average molecular weight is 352 g/mol. The van der Waals surface area contributed by atoms with Crippen LogP contribution in [0.4, 0.5) is 5.69 Å². The number of rotatable bonds is 3. The van der Waals surface area contributed by atoms with Crippen LogP contribution in [0.5, 0.6) is 5.75 Å². The van der Waals surface area contributed by atoms with Gasteiger partial charge in [0.2, 0.25) is 0 Å². The van der Waals surface area contributed by atoms with E-state index in [4.69, 9.17) is 0 Å². The number of nitrogens with one attached hydrogen (secondary N) is 2. The number of aromatic hydroxyl groups is 1. The Kier molecular flexibility index (Phi) is 4.62. The van der Waals surface area contributed by atoms with E-state index in [1.807, 2.05) is 20.9 Å². The molecule has 1 heterocycles. The summed E-state index contributed by atoms with van der Waals surface area (Å²) >= 11 is 0. The lowest BCUT2D eigenvalue weighted by molar-refractivity contribution is -0.136. The zero-order chi connectivity index (χ0) is 18.8. The van der Waals surface area contributed by atoms with Gasteiger partial charge in [-0.15, -0.1) is 0 Å². The molecule has 0 aliphatic carbocycles. The Hall–Kier alpha value is -3.35. The highest BCUT2D eigenvalue weighted by Crippen LogP contribution is 2.29. The molecule has 0 aliphatic rings. The lowest BCUT2D eigenvalue weighted by Gasteiger charge is -2.10. The number of carbonyl (C=O) groups excluding carboxylic acids is 2. The van der Waals surface area contributed by atoms with Crippen molar-refractivity contribution in [3.8, 4) is 5.75 Å². The molecule has 0 atom stereocenters. The summed E-state index contributed by atoms with van der Waals surface area (Å²) in [5, 5.41) is 20.7. The Morgan fingerprint density at radius 3 is 2.46 bits per heavy atom. The number of nitrogens with zero attached hydrogens (tertiary/aromatic N) is 2. The third kappa shape index (κ3) is 3.23. The van der Waals surface area contributed by atoms with E-state index in [0.29, 0.717) is 16.5 Å². The van der Waals surface area contributed by atoms with Crippen LogP contribution in [0.1, 0.15) is 17.0 Å². The van der Waals surface area contributed by atoms with Gasteiger partial charge < -0.3 is 15.7 Å². The number of amides is 2. The summed E-state index contributed by atoms with van der Waals surface area (Å²) in [5.41, 5.74) is 3.11. The molecule has 7 heteroatoms. The minimum absolute atomic E-state index is 0.116. The normalized spacial score (nSPS) is 10.7. The van der Waals surface area contributed by atoms with Crippen LogP contribution in [-0.2, 0) is 23.2 Å². The van der Waals surface area contributed by atoms with Crippen molar-refractivity contribution in [1.82, 2.24) is 15.1 Å². The Balaban J connectivity index is 1.72. The molecule has 0 saturated heterocycles. The summed E-state index contributed by atoms with van der Waals surface area (Å²) in [6.07, 6.45) is 0. The molecule has 0 unspecified atom stereocenters. The first-order chi connectivity index (χ1) is 12.4. The van der Waals surface area contributed by atoms with E-state index in [2.05, 4.69) is 15.7 Å². The molecular formula is C19H20N4O3. The summed E-state index contributed by atoms with van der Waals surface area (Å²) in [4.78, 5) is 24.4. The first-order valence-electron chi connectivity index (χ1n) is 8.17. The van der Waals surface area contributed by atoms with Crippen molar-refractivity contribution in [2.75, 3.05) is 5.32 Å². The molecule has 3 aromatic rings. The van der Waals surface area contributed by atoms with Gasteiger partial charge in [-0.05, 0) is 26.0 Å². The topological polar surface area (TPSA) is 96.2 Å². The monoisotopic (exact) mass is 352 g/mol. The fourth-order valence-electron chi connectivity index (χ4n) is 2.90. The number of hydrogen-bond donors (Lipinski definition) is 3. The molecule has 3 N–H and O–H groups in total. The highest BCUT2D eigenvalue weighted by Gasteiger charge is 2.17. The van der Waals surface area contributed by atoms with Crippen LogP contribution in [0.25, 0.3) is 10.8 Å². The number of phenols is 1. The molecule has 2 aromatic carbocycles. The fourth-order valence-corrected chi connectivity index (χ4v) is 2.90. The second-order valence-corrected chi connectivity index (χ2v) is 6.09. The molecule has 1 aromatic heterocycles. The van der Waals surface area contributed by atoms with Gasteiger partial charge >= 0.3 is 11.8 Å². The maximum absolute atomic E-state index is 12.2. The number of aromatic nitrogens is 2. The third-order valence-electron chi connectivity index (χ3n) is 4.44. The molecular weight excluding hydrogens is 332 g/mol. The largest absolute Gasteiger partial charge is 0.507 e. The number of carbonyl (C=O) groups is 2. The van der Waals surface area contributed by atoms with Crippen molar-refractivity contribution in [3.63, 3.8) is 0 Å². The van der Waals surface area contributed by atoms with Gasteiger partial charge in [-0.1, -0.05) is 24.3 Å². The van der Waals surface area contributed by atoms with Gasteiger partial charge in [0.15, 0.2) is 0 Å². The smallest absolute Gasteiger partial charge is 0.313 e. The molecule has 0 radical (unpaired) electrons. The van der Waals surface area contributed by atoms with Crippen LogP contribution in [0.2, 0.25) is 0 Å². The molecule has 134 valence electrons. The number of fused-ring (bicyclic) bond motifs is 1. The summed E-state index contributed by atoms with van der Waals surface area (Å²) < 4.78 is 1.74. The number of aryl methyl sites for hydroxylation is 2. The van der Waals surface area contributed by atoms with Gasteiger partial charge in [0, 0.05) is 41.3 Å². The minimum atomic E-state index is -0.764. The molecule has 0 fully saturated rings. The minimum Gasteiger partial charge on any atom is -0.507 e. The predicted molar refractivity (Wildman–Crippen MR) is 98.8 cm³/mol. The van der Waals surface area contributed by atoms with E-state index in [1.54, 1.807) is 41.1 Å². The highest BCUT2D eigenvalue weighted by molar-refractivity contribution is 6.40. The zero-order valence-electron chi connectivity index (χ0n) is 14.8. The number of hydrogen-bond acceptors (Lipinski definition) is 4. The number of phenolic OH excluding ortho intramolecular Hbond substituents is 1. The second kappa shape index (κ2) is 6.87. The Morgan fingerprint density at radius 1 is 1.08 bits per heavy atom. The summed E-state index contributed by atoms with van der Waals surface area (Å²) in [6.45, 7) is 4.00. The average Bonchev–Trinajstić information content (AvgIpc) is 2.86. The maximum atomic E-state index is 12.2. The van der Waals surface area contributed by atoms with Gasteiger partial charge in [-0.2, -0.15) is 5.10 Å². The first-order valence-corrected chi connectivity index (χ1v) is 8.17. The summed E-state index contributed by atoms with van der Waals surface area (Å²) in [5.74, 6) is -1.38. The standard InChI is InChI=1S/C19H20N4O3/c1-11-15(12(2)23(3)22-11)10-20-18(25)19(26)21-16-8-4-7-14-13(16)6-5-9-17(14)24/h4-9,24H,10H2,1-3H3,(H,20,25)(H,21,26). The maximum Gasteiger partial charge on any atom is 0.313 e. The van der Waals surface area contributed by atoms with E-state index in [9.17, 15) is 14.7 Å². The Labute approximate surface area is 150 Å². The quantitative estimate of drug-likeness (QED) is 0.629. The Morgan fingerprint density at radius 2 is 1.77 bits per heavy atom. The summed E-state index contributed by atoms with van der Waals surface area (Å²) in [6, 6.07) is 10.2. The van der Waals surface area contributed by atoms with Crippen LogP contribution in [-0.4, -0.2) is 26.7 Å². The van der Waals surface area contributed by atoms with Crippen LogP contribution in [0, 0.1) is 13.8 Å². The van der Waals surface area contributed by atoms with E-state index >= 15 is 0 Å². The van der Waals surface area contributed by atoms with Crippen molar-refractivity contribution in [3.05, 3.63) is 53.3 Å². The van der Waals surface area contributed by atoms with Crippen molar-refractivity contribution >= 4 is 28.3 Å². The third-order valence-corrected chi connectivity index (χ3v) is 4.44. The van der Waals surface area contributed by atoms with E-state index in [0.717, 1.165) is 17.0 Å². The van der Waals surface area contributed by atoms with Crippen molar-refractivity contribution < 1.29 is 14.7 Å². The molecule has 0 saturated carbocycles. The van der Waals surface area contributed by atoms with E-state index < -0.39 is 11.8 Å². The van der Waals surface area contributed by atoms with Crippen LogP contribution in [0.15, 0.2) is 36.4 Å². The predicted octanol–water partition coefficient (Wildman–Crippen LogP) is 2.15. The molecule has 2 amide bonds. The fraction of sp³-hybridized carbons (Fsp3) is 0.211. The Bertz CT molecular complexity index is 1010. The number of benzene rings is 2. The van der Waals surface area contributed by atoms with Crippen molar-refractivity contribution in [2.45, 2.75) is 20.4 Å². The second-order valence-electron chi connectivity index (χ2n) is 6.09. The van der Waals surface area contributed by atoms with Crippen molar-refractivity contribution in [2.24, 2.45) is 7.05 Å². The van der Waals surface area contributed by atoms with E-state index in [1.165, 1.54) is 0 Å². The van der Waals surface area contributed by atoms with Gasteiger partial charge in [-0.3, -0.25) is 14.3 Å². The van der Waals surface area contributed by atoms with Gasteiger partial charge in [0.25, 0.3) is 0 Å². The molecule has 26 heavy (non-hydrogen) atoms. The zero-order valence-corrected chi connectivity index (χ0v) is 14.8. The van der Waals surface area contributed by atoms with Crippen molar-refractivity contribution in [1.29, 1.82) is 0 Å². The number of anilines is 1. The molecule has 0 bridgehead atoms. The first kappa shape index (κ1) is 17.5. The highest BCUT2D eigenvalue weighted by atomic mass is 16.3. The van der Waals surface area contributed by atoms with Crippen LogP contribution >= 0.6 is 0 Å².